The largest absolute Gasteiger partial charge is 0.337 e. The lowest BCUT2D eigenvalue weighted by Crippen LogP contribution is -2.39. The first kappa shape index (κ1) is 15.9. The predicted molar refractivity (Wildman–Crippen MR) is 79.0 cm³/mol. The molecular weight excluding hydrogens is 292 g/mol. The molecule has 0 radical (unpaired) electrons. The summed E-state index contributed by atoms with van der Waals surface area (Å²) in [6.07, 6.45) is 4.97. The molecule has 1 aromatic rings. The zero-order valence-electron chi connectivity index (χ0n) is 12.1. The molecule has 7 nitrogen and oxygen atoms in total. The highest BCUT2D eigenvalue weighted by Gasteiger charge is 2.38. The van der Waals surface area contributed by atoms with Crippen LogP contribution in [-0.2, 0) is 14.8 Å². The third kappa shape index (κ3) is 4.23. The van der Waals surface area contributed by atoms with Crippen LogP contribution in [0.1, 0.15) is 18.0 Å². The molecule has 1 aromatic heterocycles. The van der Waals surface area contributed by atoms with E-state index in [-0.39, 0.29) is 18.0 Å². The Hall–Kier alpha value is -1.51. The van der Waals surface area contributed by atoms with E-state index in [1.54, 1.807) is 24.3 Å². The Balaban J connectivity index is 1.99. The van der Waals surface area contributed by atoms with Crippen molar-refractivity contribution in [3.8, 4) is 0 Å². The fraction of sp³-hybridized carbons (Fsp3) is 0.538. The standard InChI is InChI=1S/C13H20N4O3S/c1-17-12(18)8-11(15-6-7-16-21(2,19)20)13(17)10-4-3-5-14-9-10/h3-5,9,11,13,15-16H,6-8H2,1-2H3/t11-,13+/m1/s1. The van der Waals surface area contributed by atoms with Crippen LogP contribution in [0, 0.1) is 0 Å². The molecule has 0 aromatic carbocycles. The summed E-state index contributed by atoms with van der Waals surface area (Å²) in [5.74, 6) is 0.0671. The van der Waals surface area contributed by atoms with Crippen molar-refractivity contribution in [2.24, 2.45) is 0 Å². The van der Waals surface area contributed by atoms with Gasteiger partial charge in [-0.3, -0.25) is 9.78 Å². The monoisotopic (exact) mass is 312 g/mol. The van der Waals surface area contributed by atoms with Crippen molar-refractivity contribution in [1.29, 1.82) is 0 Å². The maximum absolute atomic E-state index is 11.9. The second kappa shape index (κ2) is 6.50. The molecule has 0 spiro atoms. The number of likely N-dealkylation sites (tertiary alicyclic amines) is 1. The minimum absolute atomic E-state index is 0.0481. The number of likely N-dealkylation sites (N-methyl/N-ethyl adjacent to an activating group) is 1. The van der Waals surface area contributed by atoms with Crippen LogP contribution in [0.15, 0.2) is 24.5 Å². The van der Waals surface area contributed by atoms with Crippen LogP contribution in [0.3, 0.4) is 0 Å². The molecule has 21 heavy (non-hydrogen) atoms. The lowest BCUT2D eigenvalue weighted by atomic mass is 10.0. The Kier molecular flexibility index (Phi) is 4.92. The molecule has 0 bridgehead atoms. The number of aromatic nitrogens is 1. The van der Waals surface area contributed by atoms with Gasteiger partial charge in [-0.25, -0.2) is 13.1 Å². The molecule has 2 atom stereocenters. The van der Waals surface area contributed by atoms with E-state index >= 15 is 0 Å². The fourth-order valence-electron chi connectivity index (χ4n) is 2.55. The average molecular weight is 312 g/mol. The summed E-state index contributed by atoms with van der Waals surface area (Å²) in [7, 11) is -1.41. The molecule has 116 valence electrons. The number of carbonyl (C=O) groups excluding carboxylic acids is 1. The number of rotatable bonds is 6. The van der Waals surface area contributed by atoms with Gasteiger partial charge in [0.05, 0.1) is 12.3 Å². The van der Waals surface area contributed by atoms with Crippen LogP contribution >= 0.6 is 0 Å². The lowest BCUT2D eigenvalue weighted by molar-refractivity contribution is -0.127. The first-order chi connectivity index (χ1) is 9.88. The molecule has 2 heterocycles. The number of nitrogens with one attached hydrogen (secondary N) is 2. The normalized spacial score (nSPS) is 22.8. The van der Waals surface area contributed by atoms with Crippen molar-refractivity contribution in [1.82, 2.24) is 19.9 Å². The number of carbonyl (C=O) groups is 1. The molecule has 1 aliphatic rings. The van der Waals surface area contributed by atoms with E-state index in [0.717, 1.165) is 11.8 Å². The van der Waals surface area contributed by atoms with Gasteiger partial charge in [0.25, 0.3) is 0 Å². The summed E-state index contributed by atoms with van der Waals surface area (Å²) in [5.41, 5.74) is 0.972. The molecule has 2 rings (SSSR count). The zero-order valence-corrected chi connectivity index (χ0v) is 12.9. The van der Waals surface area contributed by atoms with E-state index < -0.39 is 10.0 Å². The van der Waals surface area contributed by atoms with E-state index in [2.05, 4.69) is 15.0 Å². The van der Waals surface area contributed by atoms with Crippen LogP contribution in [0.5, 0.6) is 0 Å². The van der Waals surface area contributed by atoms with Crippen LogP contribution < -0.4 is 10.0 Å². The van der Waals surface area contributed by atoms with Crippen LogP contribution in [0.25, 0.3) is 0 Å². The topological polar surface area (TPSA) is 91.4 Å². The van der Waals surface area contributed by atoms with E-state index in [0.29, 0.717) is 19.5 Å². The number of nitrogens with zero attached hydrogens (tertiary/aromatic N) is 2. The maximum atomic E-state index is 11.9. The second-order valence-corrected chi connectivity index (χ2v) is 7.00. The third-order valence-corrected chi connectivity index (χ3v) is 4.24. The van der Waals surface area contributed by atoms with Gasteiger partial charge < -0.3 is 10.2 Å². The van der Waals surface area contributed by atoms with Crippen molar-refractivity contribution >= 4 is 15.9 Å². The van der Waals surface area contributed by atoms with Gasteiger partial charge >= 0.3 is 0 Å². The fourth-order valence-corrected chi connectivity index (χ4v) is 3.03. The van der Waals surface area contributed by atoms with Crippen LogP contribution in [0.2, 0.25) is 0 Å². The molecule has 0 saturated carbocycles. The number of pyridine rings is 1. The first-order valence-electron chi connectivity index (χ1n) is 6.72. The van der Waals surface area contributed by atoms with E-state index in [4.69, 9.17) is 0 Å². The molecule has 1 saturated heterocycles. The molecular formula is C13H20N4O3S. The van der Waals surface area contributed by atoms with Crippen molar-refractivity contribution in [2.75, 3.05) is 26.4 Å². The van der Waals surface area contributed by atoms with E-state index in [1.807, 2.05) is 12.1 Å². The van der Waals surface area contributed by atoms with Gasteiger partial charge in [-0.15, -0.1) is 0 Å². The summed E-state index contributed by atoms with van der Waals surface area (Å²) < 4.78 is 24.4. The second-order valence-electron chi connectivity index (χ2n) is 5.17. The summed E-state index contributed by atoms with van der Waals surface area (Å²) in [6.45, 7) is 0.766. The highest BCUT2D eigenvalue weighted by Crippen LogP contribution is 2.31. The Labute approximate surface area is 124 Å². The number of amides is 1. The smallest absolute Gasteiger partial charge is 0.224 e. The molecule has 2 N–H and O–H groups in total. The van der Waals surface area contributed by atoms with Gasteiger partial charge in [0.2, 0.25) is 15.9 Å². The predicted octanol–water partition coefficient (Wildman–Crippen LogP) is -0.508. The van der Waals surface area contributed by atoms with Crippen molar-refractivity contribution in [3.63, 3.8) is 0 Å². The van der Waals surface area contributed by atoms with Crippen molar-refractivity contribution in [3.05, 3.63) is 30.1 Å². The minimum Gasteiger partial charge on any atom is -0.337 e. The molecule has 0 unspecified atom stereocenters. The summed E-state index contributed by atoms with van der Waals surface area (Å²) >= 11 is 0. The molecule has 8 heteroatoms. The van der Waals surface area contributed by atoms with Gasteiger partial charge in [-0.05, 0) is 11.6 Å². The SMILES string of the molecule is CN1C(=O)C[C@@H](NCCNS(C)(=O)=O)[C@@H]1c1cccnc1. The van der Waals surface area contributed by atoms with Gasteiger partial charge in [0, 0.05) is 45.0 Å². The Bertz CT molecular complexity index is 591. The molecule has 1 amide bonds. The van der Waals surface area contributed by atoms with Gasteiger partial charge in [0.15, 0.2) is 0 Å². The molecule has 1 fully saturated rings. The van der Waals surface area contributed by atoms with Crippen molar-refractivity contribution in [2.45, 2.75) is 18.5 Å². The third-order valence-electron chi connectivity index (χ3n) is 3.51. The van der Waals surface area contributed by atoms with E-state index in [9.17, 15) is 13.2 Å². The quantitative estimate of drug-likeness (QED) is 0.691. The Morgan fingerprint density at radius 2 is 2.19 bits per heavy atom. The zero-order chi connectivity index (χ0) is 15.5. The summed E-state index contributed by atoms with van der Waals surface area (Å²) in [6, 6.07) is 3.65. The molecule has 0 aliphatic carbocycles. The van der Waals surface area contributed by atoms with Crippen LogP contribution in [-0.4, -0.2) is 56.6 Å². The average Bonchev–Trinajstić information content (AvgIpc) is 2.70. The lowest BCUT2D eigenvalue weighted by Gasteiger charge is -2.25. The highest BCUT2D eigenvalue weighted by atomic mass is 32.2. The van der Waals surface area contributed by atoms with Crippen molar-refractivity contribution < 1.29 is 13.2 Å². The first-order valence-corrected chi connectivity index (χ1v) is 8.61. The summed E-state index contributed by atoms with van der Waals surface area (Å²) in [4.78, 5) is 17.7. The highest BCUT2D eigenvalue weighted by molar-refractivity contribution is 7.88. The van der Waals surface area contributed by atoms with Crippen LogP contribution in [0.4, 0.5) is 0 Å². The molecule has 1 aliphatic heterocycles. The number of hydrogen-bond donors (Lipinski definition) is 2. The van der Waals surface area contributed by atoms with Gasteiger partial charge in [-0.1, -0.05) is 6.07 Å². The van der Waals surface area contributed by atoms with Gasteiger partial charge in [-0.2, -0.15) is 0 Å². The summed E-state index contributed by atoms with van der Waals surface area (Å²) in [5, 5.41) is 3.25. The Morgan fingerprint density at radius 3 is 2.81 bits per heavy atom. The number of hydrogen-bond acceptors (Lipinski definition) is 5. The maximum Gasteiger partial charge on any atom is 0.224 e. The minimum atomic E-state index is -3.18. The van der Waals surface area contributed by atoms with E-state index in [1.165, 1.54) is 0 Å². The number of sulfonamides is 1. The van der Waals surface area contributed by atoms with Gasteiger partial charge in [0.1, 0.15) is 0 Å². The Morgan fingerprint density at radius 1 is 1.43 bits per heavy atom.